The molecule has 1 N–H and O–H groups in total. The monoisotopic (exact) mass is 280 g/mol. The van der Waals surface area contributed by atoms with E-state index in [0.717, 1.165) is 11.1 Å². The Morgan fingerprint density at radius 3 is 2.29 bits per heavy atom. The fourth-order valence-corrected chi connectivity index (χ4v) is 2.72. The van der Waals surface area contributed by atoms with E-state index in [1.165, 1.54) is 0 Å². The second-order valence-corrected chi connectivity index (χ2v) is 5.47. The first kappa shape index (κ1) is 14.1. The third kappa shape index (κ3) is 3.81. The van der Waals surface area contributed by atoms with Crippen molar-refractivity contribution < 1.29 is 9.84 Å². The summed E-state index contributed by atoms with van der Waals surface area (Å²) >= 11 is 0. The lowest BCUT2D eigenvalue weighted by molar-refractivity contribution is -0.0774. The summed E-state index contributed by atoms with van der Waals surface area (Å²) in [6.07, 6.45) is 5.05. The molecule has 1 saturated heterocycles. The van der Waals surface area contributed by atoms with Crippen LogP contribution in [0.25, 0.3) is 6.08 Å². The standard InChI is InChI=1S/C19H20O2/c20-17-13-18(12-11-15-7-3-1-4-8-15)21-19(14-17)16-9-5-2-6-10-16/h1-12,17-20H,13-14H2/t17-,18-,19-/m1/s1. The number of rotatable bonds is 3. The average molecular weight is 280 g/mol. The third-order valence-electron chi connectivity index (χ3n) is 3.80. The van der Waals surface area contributed by atoms with Gasteiger partial charge in [-0.15, -0.1) is 0 Å². The number of hydrogen-bond donors (Lipinski definition) is 1. The van der Waals surface area contributed by atoms with Gasteiger partial charge in [0.1, 0.15) is 0 Å². The maximum Gasteiger partial charge on any atom is 0.0857 e. The molecule has 0 aromatic heterocycles. The first-order valence-corrected chi connectivity index (χ1v) is 7.43. The van der Waals surface area contributed by atoms with Gasteiger partial charge in [-0.2, -0.15) is 0 Å². The Morgan fingerprint density at radius 2 is 1.57 bits per heavy atom. The third-order valence-corrected chi connectivity index (χ3v) is 3.80. The Balaban J connectivity index is 1.70. The highest BCUT2D eigenvalue weighted by Crippen LogP contribution is 2.32. The molecule has 1 aliphatic heterocycles. The van der Waals surface area contributed by atoms with Crippen LogP contribution in [0, 0.1) is 0 Å². The molecular formula is C19H20O2. The van der Waals surface area contributed by atoms with E-state index < -0.39 is 0 Å². The van der Waals surface area contributed by atoms with Crippen LogP contribution in [0.2, 0.25) is 0 Å². The number of benzene rings is 2. The quantitative estimate of drug-likeness (QED) is 0.921. The molecule has 0 amide bonds. The molecule has 0 unspecified atom stereocenters. The zero-order valence-electron chi connectivity index (χ0n) is 11.9. The Kier molecular flexibility index (Phi) is 4.49. The summed E-state index contributed by atoms with van der Waals surface area (Å²) in [5.74, 6) is 0. The molecule has 2 aromatic carbocycles. The highest BCUT2D eigenvalue weighted by Gasteiger charge is 2.27. The average Bonchev–Trinajstić information content (AvgIpc) is 2.54. The molecule has 2 aromatic rings. The Hall–Kier alpha value is -1.90. The highest BCUT2D eigenvalue weighted by atomic mass is 16.5. The summed E-state index contributed by atoms with van der Waals surface area (Å²) in [6.45, 7) is 0. The van der Waals surface area contributed by atoms with Gasteiger partial charge in [-0.1, -0.05) is 72.8 Å². The topological polar surface area (TPSA) is 29.5 Å². The zero-order chi connectivity index (χ0) is 14.5. The fourth-order valence-electron chi connectivity index (χ4n) is 2.72. The second kappa shape index (κ2) is 6.70. The van der Waals surface area contributed by atoms with Crippen molar-refractivity contribution in [1.82, 2.24) is 0 Å². The van der Waals surface area contributed by atoms with Crippen molar-refractivity contribution in [1.29, 1.82) is 0 Å². The summed E-state index contributed by atoms with van der Waals surface area (Å²) in [5, 5.41) is 10.1. The van der Waals surface area contributed by atoms with Crippen molar-refractivity contribution in [3.63, 3.8) is 0 Å². The molecule has 1 fully saturated rings. The minimum atomic E-state index is -0.311. The number of aliphatic hydroxyl groups excluding tert-OH is 1. The molecule has 0 saturated carbocycles. The first-order valence-electron chi connectivity index (χ1n) is 7.43. The Morgan fingerprint density at radius 1 is 0.905 bits per heavy atom. The van der Waals surface area contributed by atoms with Crippen LogP contribution < -0.4 is 0 Å². The summed E-state index contributed by atoms with van der Waals surface area (Å²) in [6, 6.07) is 20.3. The SMILES string of the molecule is O[C@@H]1C[C@@H](C=Cc2ccccc2)O[C@@H](c2ccccc2)C1. The molecule has 2 nitrogen and oxygen atoms in total. The minimum Gasteiger partial charge on any atom is -0.393 e. The molecule has 2 heteroatoms. The molecule has 0 spiro atoms. The predicted molar refractivity (Wildman–Crippen MR) is 84.8 cm³/mol. The van der Waals surface area contributed by atoms with Gasteiger partial charge in [0.25, 0.3) is 0 Å². The summed E-state index contributed by atoms with van der Waals surface area (Å²) < 4.78 is 6.12. The van der Waals surface area contributed by atoms with Crippen LogP contribution in [0.15, 0.2) is 66.7 Å². The molecule has 1 heterocycles. The summed E-state index contributed by atoms with van der Waals surface area (Å²) in [4.78, 5) is 0. The second-order valence-electron chi connectivity index (χ2n) is 5.47. The minimum absolute atomic E-state index is 0.0274. The zero-order valence-corrected chi connectivity index (χ0v) is 11.9. The molecule has 0 radical (unpaired) electrons. The first-order chi connectivity index (χ1) is 10.3. The van der Waals surface area contributed by atoms with E-state index in [4.69, 9.17) is 4.74 Å². The normalized spacial score (nSPS) is 26.0. The molecule has 0 aliphatic carbocycles. The lowest BCUT2D eigenvalue weighted by atomic mass is 9.95. The van der Waals surface area contributed by atoms with Gasteiger partial charge < -0.3 is 9.84 Å². The van der Waals surface area contributed by atoms with Crippen molar-refractivity contribution in [2.75, 3.05) is 0 Å². The summed E-state index contributed by atoms with van der Waals surface area (Å²) in [7, 11) is 0. The van der Waals surface area contributed by atoms with E-state index in [2.05, 4.69) is 30.3 Å². The fraction of sp³-hybridized carbons (Fsp3) is 0.263. The lowest BCUT2D eigenvalue weighted by Crippen LogP contribution is -2.30. The lowest BCUT2D eigenvalue weighted by Gasteiger charge is -2.32. The number of aliphatic hydroxyl groups is 1. The molecule has 3 rings (SSSR count). The molecule has 1 aliphatic rings. The van der Waals surface area contributed by atoms with Gasteiger partial charge in [-0.25, -0.2) is 0 Å². The Labute approximate surface area is 125 Å². The predicted octanol–water partition coefficient (Wildman–Crippen LogP) is 3.98. The van der Waals surface area contributed by atoms with Crippen molar-refractivity contribution in [3.05, 3.63) is 77.9 Å². The molecule has 108 valence electrons. The van der Waals surface area contributed by atoms with Gasteiger partial charge in [0.05, 0.1) is 18.3 Å². The van der Waals surface area contributed by atoms with E-state index in [9.17, 15) is 5.11 Å². The molecule has 21 heavy (non-hydrogen) atoms. The van der Waals surface area contributed by atoms with Crippen molar-refractivity contribution in [2.45, 2.75) is 31.2 Å². The van der Waals surface area contributed by atoms with Gasteiger partial charge in [0, 0.05) is 12.8 Å². The number of ether oxygens (including phenoxy) is 1. The van der Waals surface area contributed by atoms with Gasteiger partial charge in [-0.05, 0) is 11.1 Å². The molecular weight excluding hydrogens is 260 g/mol. The van der Waals surface area contributed by atoms with Crippen LogP contribution in [0.5, 0.6) is 0 Å². The molecule has 3 atom stereocenters. The largest absolute Gasteiger partial charge is 0.393 e. The van der Waals surface area contributed by atoms with E-state index in [1.807, 2.05) is 42.5 Å². The Bertz CT molecular complexity index is 577. The maximum absolute atomic E-state index is 10.1. The van der Waals surface area contributed by atoms with Gasteiger partial charge in [-0.3, -0.25) is 0 Å². The van der Waals surface area contributed by atoms with Crippen molar-refractivity contribution >= 4 is 6.08 Å². The van der Waals surface area contributed by atoms with Crippen LogP contribution in [-0.2, 0) is 4.74 Å². The van der Waals surface area contributed by atoms with Crippen LogP contribution in [0.3, 0.4) is 0 Å². The van der Waals surface area contributed by atoms with Crippen LogP contribution in [0.1, 0.15) is 30.1 Å². The van der Waals surface area contributed by atoms with Crippen LogP contribution in [0.4, 0.5) is 0 Å². The van der Waals surface area contributed by atoms with Crippen molar-refractivity contribution in [2.24, 2.45) is 0 Å². The number of hydrogen-bond acceptors (Lipinski definition) is 2. The van der Waals surface area contributed by atoms with Crippen LogP contribution >= 0.6 is 0 Å². The molecule has 0 bridgehead atoms. The maximum atomic E-state index is 10.1. The van der Waals surface area contributed by atoms with Gasteiger partial charge in [0.2, 0.25) is 0 Å². The van der Waals surface area contributed by atoms with E-state index >= 15 is 0 Å². The van der Waals surface area contributed by atoms with E-state index in [0.29, 0.717) is 12.8 Å². The van der Waals surface area contributed by atoms with Crippen molar-refractivity contribution in [3.8, 4) is 0 Å². The van der Waals surface area contributed by atoms with Crippen LogP contribution in [-0.4, -0.2) is 17.3 Å². The van der Waals surface area contributed by atoms with Gasteiger partial charge >= 0.3 is 0 Å². The van der Waals surface area contributed by atoms with E-state index in [1.54, 1.807) is 0 Å². The van der Waals surface area contributed by atoms with Gasteiger partial charge in [0.15, 0.2) is 0 Å². The summed E-state index contributed by atoms with van der Waals surface area (Å²) in [5.41, 5.74) is 2.28. The van der Waals surface area contributed by atoms with E-state index in [-0.39, 0.29) is 18.3 Å². The smallest absolute Gasteiger partial charge is 0.0857 e. The highest BCUT2D eigenvalue weighted by molar-refractivity contribution is 5.49.